The molecule has 2 fully saturated rings. The number of pyridine rings is 1. The highest BCUT2D eigenvalue weighted by molar-refractivity contribution is 5.97. The predicted molar refractivity (Wildman–Crippen MR) is 83.5 cm³/mol. The number of carbonyl (C=O) groups is 3. The lowest BCUT2D eigenvalue weighted by atomic mass is 10.1. The molecule has 122 valence electrons. The van der Waals surface area contributed by atoms with Gasteiger partial charge < -0.3 is 16.0 Å². The van der Waals surface area contributed by atoms with E-state index in [1.54, 1.807) is 12.1 Å². The molecule has 3 N–H and O–H groups in total. The zero-order chi connectivity index (χ0) is 16.4. The molecule has 0 spiro atoms. The van der Waals surface area contributed by atoms with Crippen molar-refractivity contribution in [3.63, 3.8) is 0 Å². The van der Waals surface area contributed by atoms with Gasteiger partial charge in [0.2, 0.25) is 11.8 Å². The number of primary amides is 1. The average molecular weight is 316 g/mol. The molecule has 3 rings (SSSR count). The number of rotatable bonds is 4. The highest BCUT2D eigenvalue weighted by Gasteiger charge is 2.38. The van der Waals surface area contributed by atoms with Gasteiger partial charge in [0, 0.05) is 19.0 Å². The zero-order valence-corrected chi connectivity index (χ0v) is 12.8. The first-order valence-electron chi connectivity index (χ1n) is 7.92. The summed E-state index contributed by atoms with van der Waals surface area (Å²) in [5, 5.41) is 2.67. The molecule has 1 aromatic rings. The highest BCUT2D eigenvalue weighted by Crippen LogP contribution is 2.29. The van der Waals surface area contributed by atoms with Gasteiger partial charge in [0.25, 0.3) is 5.91 Å². The van der Waals surface area contributed by atoms with Crippen molar-refractivity contribution in [2.24, 2.45) is 11.7 Å². The van der Waals surface area contributed by atoms with Gasteiger partial charge >= 0.3 is 0 Å². The first-order chi connectivity index (χ1) is 11.0. The van der Waals surface area contributed by atoms with Crippen molar-refractivity contribution in [2.45, 2.75) is 38.1 Å². The molecule has 2 aliphatic rings. The molecule has 0 radical (unpaired) electrons. The van der Waals surface area contributed by atoms with Crippen LogP contribution < -0.4 is 11.1 Å². The fraction of sp³-hybridized carbons (Fsp3) is 0.500. The Bertz CT molecular complexity index is 640. The van der Waals surface area contributed by atoms with Crippen LogP contribution in [0, 0.1) is 5.92 Å². The van der Waals surface area contributed by atoms with Crippen molar-refractivity contribution < 1.29 is 14.4 Å². The highest BCUT2D eigenvalue weighted by atomic mass is 16.2. The number of nitrogens with zero attached hydrogens (tertiary/aromatic N) is 2. The zero-order valence-electron chi connectivity index (χ0n) is 12.8. The second-order valence-corrected chi connectivity index (χ2v) is 6.15. The van der Waals surface area contributed by atoms with Crippen LogP contribution >= 0.6 is 0 Å². The van der Waals surface area contributed by atoms with E-state index in [-0.39, 0.29) is 41.7 Å². The minimum absolute atomic E-state index is 0.0518. The van der Waals surface area contributed by atoms with Crippen LogP contribution in [-0.4, -0.2) is 40.2 Å². The number of nitrogens with one attached hydrogen (secondary N) is 1. The molecule has 0 bridgehead atoms. The molecule has 7 nitrogen and oxygen atoms in total. The maximum atomic E-state index is 12.4. The van der Waals surface area contributed by atoms with Crippen molar-refractivity contribution >= 4 is 23.5 Å². The Morgan fingerprint density at radius 2 is 2.00 bits per heavy atom. The first-order valence-corrected chi connectivity index (χ1v) is 7.92. The lowest BCUT2D eigenvalue weighted by Crippen LogP contribution is -2.35. The number of amides is 3. The van der Waals surface area contributed by atoms with E-state index in [1.807, 2.05) is 4.90 Å². The smallest absolute Gasteiger partial charge is 0.267 e. The van der Waals surface area contributed by atoms with Gasteiger partial charge in [-0.25, -0.2) is 4.98 Å². The Balaban J connectivity index is 1.63. The second kappa shape index (κ2) is 6.36. The summed E-state index contributed by atoms with van der Waals surface area (Å²) in [7, 11) is 0. The van der Waals surface area contributed by atoms with Crippen LogP contribution in [0.15, 0.2) is 18.2 Å². The van der Waals surface area contributed by atoms with E-state index in [4.69, 9.17) is 5.73 Å². The molecule has 1 saturated heterocycles. The van der Waals surface area contributed by atoms with Gasteiger partial charge in [-0.1, -0.05) is 18.9 Å². The third-order valence-electron chi connectivity index (χ3n) is 4.55. The van der Waals surface area contributed by atoms with E-state index < -0.39 is 5.91 Å². The van der Waals surface area contributed by atoms with Gasteiger partial charge in [-0.3, -0.25) is 14.4 Å². The number of anilines is 1. The summed E-state index contributed by atoms with van der Waals surface area (Å²) >= 11 is 0. The van der Waals surface area contributed by atoms with Crippen LogP contribution in [0.4, 0.5) is 5.82 Å². The van der Waals surface area contributed by atoms with Crippen molar-refractivity contribution in [3.05, 3.63) is 23.9 Å². The molecule has 1 aliphatic carbocycles. The monoisotopic (exact) mass is 316 g/mol. The Hall–Kier alpha value is -2.44. The normalized spacial score (nSPS) is 21.7. The summed E-state index contributed by atoms with van der Waals surface area (Å²) in [6.45, 7) is 0.463. The predicted octanol–water partition coefficient (Wildman–Crippen LogP) is 0.910. The lowest BCUT2D eigenvalue weighted by molar-refractivity contribution is -0.129. The summed E-state index contributed by atoms with van der Waals surface area (Å²) in [6.07, 6.45) is 4.59. The summed E-state index contributed by atoms with van der Waals surface area (Å²) in [5.41, 5.74) is 5.27. The number of carbonyl (C=O) groups excluding carboxylic acids is 3. The van der Waals surface area contributed by atoms with E-state index in [0.29, 0.717) is 6.54 Å². The molecule has 2 heterocycles. The molecule has 1 saturated carbocycles. The molecule has 7 heteroatoms. The molecular weight excluding hydrogens is 296 g/mol. The van der Waals surface area contributed by atoms with Crippen molar-refractivity contribution in [2.75, 3.05) is 11.9 Å². The van der Waals surface area contributed by atoms with E-state index in [2.05, 4.69) is 10.3 Å². The quantitative estimate of drug-likeness (QED) is 0.861. The summed E-state index contributed by atoms with van der Waals surface area (Å²) in [5.74, 6) is -0.936. The van der Waals surface area contributed by atoms with Crippen molar-refractivity contribution in [1.29, 1.82) is 0 Å². The Morgan fingerprint density at radius 1 is 1.26 bits per heavy atom. The van der Waals surface area contributed by atoms with Crippen molar-refractivity contribution in [3.8, 4) is 0 Å². The first kappa shape index (κ1) is 15.5. The minimum atomic E-state index is -0.649. The standard InChI is InChI=1S/C16H20N4O3/c17-15(22)12-6-3-7-13(18-12)19-16(23)10-8-14(21)20(9-10)11-4-1-2-5-11/h3,6-7,10-11H,1-2,4-5,8-9H2,(H2,17,22)(H,18,19,23). The van der Waals surface area contributed by atoms with E-state index in [1.165, 1.54) is 6.07 Å². The van der Waals surface area contributed by atoms with E-state index >= 15 is 0 Å². The third-order valence-corrected chi connectivity index (χ3v) is 4.55. The maximum absolute atomic E-state index is 12.4. The largest absolute Gasteiger partial charge is 0.364 e. The number of aromatic nitrogens is 1. The number of hydrogen-bond donors (Lipinski definition) is 2. The molecule has 23 heavy (non-hydrogen) atoms. The van der Waals surface area contributed by atoms with Gasteiger partial charge in [0.1, 0.15) is 11.5 Å². The number of hydrogen-bond acceptors (Lipinski definition) is 4. The minimum Gasteiger partial charge on any atom is -0.364 e. The fourth-order valence-corrected chi connectivity index (χ4v) is 3.35. The molecule has 1 aromatic heterocycles. The van der Waals surface area contributed by atoms with Crippen molar-refractivity contribution in [1.82, 2.24) is 9.88 Å². The number of likely N-dealkylation sites (tertiary alicyclic amines) is 1. The topological polar surface area (TPSA) is 105 Å². The Morgan fingerprint density at radius 3 is 2.70 bits per heavy atom. The molecule has 1 aliphatic heterocycles. The summed E-state index contributed by atoms with van der Waals surface area (Å²) in [6, 6.07) is 4.97. The SMILES string of the molecule is NC(=O)c1cccc(NC(=O)C2CC(=O)N(C3CCCC3)C2)n1. The Labute approximate surface area is 134 Å². The molecule has 0 aromatic carbocycles. The van der Waals surface area contributed by atoms with Crippen LogP contribution in [0.25, 0.3) is 0 Å². The van der Waals surface area contributed by atoms with Crippen LogP contribution in [0.3, 0.4) is 0 Å². The fourth-order valence-electron chi connectivity index (χ4n) is 3.35. The van der Waals surface area contributed by atoms with E-state index in [9.17, 15) is 14.4 Å². The third kappa shape index (κ3) is 3.33. The molecule has 1 unspecified atom stereocenters. The number of nitrogens with two attached hydrogens (primary N) is 1. The van der Waals surface area contributed by atoms with Gasteiger partial charge in [-0.05, 0) is 25.0 Å². The van der Waals surface area contributed by atoms with Gasteiger partial charge in [-0.2, -0.15) is 0 Å². The molecule has 1 atom stereocenters. The summed E-state index contributed by atoms with van der Waals surface area (Å²) < 4.78 is 0. The van der Waals surface area contributed by atoms with Crippen LogP contribution in [-0.2, 0) is 9.59 Å². The second-order valence-electron chi connectivity index (χ2n) is 6.15. The summed E-state index contributed by atoms with van der Waals surface area (Å²) in [4.78, 5) is 41.5. The van der Waals surface area contributed by atoms with Gasteiger partial charge in [0.05, 0.1) is 5.92 Å². The maximum Gasteiger partial charge on any atom is 0.267 e. The van der Waals surface area contributed by atoms with Gasteiger partial charge in [-0.15, -0.1) is 0 Å². The average Bonchev–Trinajstić information content (AvgIpc) is 3.16. The van der Waals surface area contributed by atoms with Gasteiger partial charge in [0.15, 0.2) is 0 Å². The Kier molecular flexibility index (Phi) is 4.27. The molecular formula is C16H20N4O3. The lowest BCUT2D eigenvalue weighted by Gasteiger charge is -2.23. The van der Waals surface area contributed by atoms with Crippen LogP contribution in [0.5, 0.6) is 0 Å². The molecule has 3 amide bonds. The van der Waals surface area contributed by atoms with E-state index in [0.717, 1.165) is 25.7 Å². The van der Waals surface area contributed by atoms with Crippen LogP contribution in [0.1, 0.15) is 42.6 Å². The van der Waals surface area contributed by atoms with Crippen LogP contribution in [0.2, 0.25) is 0 Å².